The van der Waals surface area contributed by atoms with Crippen molar-refractivity contribution in [1.29, 1.82) is 0 Å². The molecule has 0 N–H and O–H groups in total. The first-order chi connectivity index (χ1) is 4.25. The first-order valence-electron chi connectivity index (χ1n) is 2.94. The molecule has 0 aromatic rings. The van der Waals surface area contributed by atoms with Crippen molar-refractivity contribution in [2.24, 2.45) is 11.8 Å². The second-order valence-electron chi connectivity index (χ2n) is 2.24. The zero-order valence-corrected chi connectivity index (χ0v) is 5.29. The molecule has 0 aromatic heterocycles. The van der Waals surface area contributed by atoms with Gasteiger partial charge in [0.1, 0.15) is 0 Å². The van der Waals surface area contributed by atoms with Crippen LogP contribution in [-0.4, -0.2) is 5.78 Å². The topological polar surface area (TPSA) is 17.1 Å². The van der Waals surface area contributed by atoms with Crippen molar-refractivity contribution < 1.29 is 4.79 Å². The number of terminal acetylenes is 1. The zero-order chi connectivity index (χ0) is 6.85. The van der Waals surface area contributed by atoms with Gasteiger partial charge in [0.05, 0.1) is 0 Å². The summed E-state index contributed by atoms with van der Waals surface area (Å²) in [6.45, 7) is 1.85. The van der Waals surface area contributed by atoms with E-state index in [4.69, 9.17) is 6.42 Å². The second kappa shape index (κ2) is 2.06. The van der Waals surface area contributed by atoms with Crippen LogP contribution in [0, 0.1) is 24.2 Å². The third-order valence-electron chi connectivity index (χ3n) is 1.65. The molecule has 0 saturated heterocycles. The molecule has 0 spiro atoms. The quantitative estimate of drug-likeness (QED) is 0.436. The minimum atomic E-state index is 0.00926. The van der Waals surface area contributed by atoms with Gasteiger partial charge < -0.3 is 0 Å². The molecule has 0 amide bonds. The molecule has 0 heterocycles. The van der Waals surface area contributed by atoms with E-state index in [0.29, 0.717) is 0 Å². The second-order valence-corrected chi connectivity index (χ2v) is 2.24. The maximum Gasteiger partial charge on any atom is 0.159 e. The van der Waals surface area contributed by atoms with Gasteiger partial charge in [-0.15, -0.1) is 6.42 Å². The predicted octanol–water partition coefficient (Wildman–Crippen LogP) is 1.01. The maximum absolute atomic E-state index is 10.8. The molecule has 0 aromatic carbocycles. The summed E-state index contributed by atoms with van der Waals surface area (Å²) in [6.07, 6.45) is 8.48. The van der Waals surface area contributed by atoms with Crippen LogP contribution in [0.4, 0.5) is 0 Å². The van der Waals surface area contributed by atoms with Gasteiger partial charge in [-0.2, -0.15) is 0 Å². The van der Waals surface area contributed by atoms with Gasteiger partial charge in [-0.05, 0) is 6.08 Å². The Hall–Kier alpha value is -1.03. The highest BCUT2D eigenvalue weighted by molar-refractivity contribution is 5.94. The lowest BCUT2D eigenvalue weighted by atomic mass is 9.98. The van der Waals surface area contributed by atoms with E-state index >= 15 is 0 Å². The Morgan fingerprint density at radius 1 is 1.78 bits per heavy atom. The van der Waals surface area contributed by atoms with Crippen molar-refractivity contribution in [3.8, 4) is 12.3 Å². The van der Waals surface area contributed by atoms with E-state index in [0.717, 1.165) is 0 Å². The summed E-state index contributed by atoms with van der Waals surface area (Å²) in [5.74, 6) is 2.74. The van der Waals surface area contributed by atoms with Crippen LogP contribution in [0.2, 0.25) is 0 Å². The lowest BCUT2D eigenvalue weighted by Gasteiger charge is -2.03. The fourth-order valence-corrected chi connectivity index (χ4v) is 0.894. The summed E-state index contributed by atoms with van der Waals surface area (Å²) in [5.41, 5.74) is 0. The van der Waals surface area contributed by atoms with Gasteiger partial charge in [-0.1, -0.05) is 18.9 Å². The Bertz CT molecular complexity index is 195. The smallest absolute Gasteiger partial charge is 0.159 e. The molecular formula is C8H8O. The summed E-state index contributed by atoms with van der Waals surface area (Å²) in [6, 6.07) is 0. The highest BCUT2D eigenvalue weighted by Gasteiger charge is 2.23. The molecule has 9 heavy (non-hydrogen) atoms. The molecule has 1 heteroatoms. The van der Waals surface area contributed by atoms with Crippen molar-refractivity contribution in [1.82, 2.24) is 0 Å². The predicted molar refractivity (Wildman–Crippen MR) is 35.6 cm³/mol. The minimum absolute atomic E-state index is 0.00926. The van der Waals surface area contributed by atoms with Crippen LogP contribution in [-0.2, 0) is 4.79 Å². The third-order valence-corrected chi connectivity index (χ3v) is 1.65. The lowest BCUT2D eigenvalue weighted by Crippen LogP contribution is -2.09. The van der Waals surface area contributed by atoms with E-state index in [2.05, 4.69) is 5.92 Å². The van der Waals surface area contributed by atoms with E-state index in [-0.39, 0.29) is 17.6 Å². The van der Waals surface area contributed by atoms with Gasteiger partial charge in [-0.3, -0.25) is 4.79 Å². The molecule has 46 valence electrons. The summed E-state index contributed by atoms with van der Waals surface area (Å²) >= 11 is 0. The van der Waals surface area contributed by atoms with Crippen LogP contribution in [0.25, 0.3) is 0 Å². The standard InChI is InChI=1S/C8H8O/c1-3-7-4-5-8(9)6(7)2/h1,4-7H,2H3. The Kier molecular flexibility index (Phi) is 1.40. The average molecular weight is 120 g/mol. The number of hydrogen-bond donors (Lipinski definition) is 0. The van der Waals surface area contributed by atoms with Crippen molar-refractivity contribution >= 4 is 5.78 Å². The summed E-state index contributed by atoms with van der Waals surface area (Å²) < 4.78 is 0. The van der Waals surface area contributed by atoms with Crippen molar-refractivity contribution in [3.05, 3.63) is 12.2 Å². The van der Waals surface area contributed by atoms with Gasteiger partial charge in [-0.25, -0.2) is 0 Å². The molecule has 2 unspecified atom stereocenters. The Morgan fingerprint density at radius 2 is 2.44 bits per heavy atom. The molecule has 0 saturated carbocycles. The number of hydrogen-bond acceptors (Lipinski definition) is 1. The summed E-state index contributed by atoms with van der Waals surface area (Å²) in [5, 5.41) is 0. The van der Waals surface area contributed by atoms with E-state index in [1.165, 1.54) is 0 Å². The van der Waals surface area contributed by atoms with Gasteiger partial charge >= 0.3 is 0 Å². The summed E-state index contributed by atoms with van der Waals surface area (Å²) in [4.78, 5) is 10.8. The largest absolute Gasteiger partial charge is 0.295 e. The minimum Gasteiger partial charge on any atom is -0.295 e. The van der Waals surface area contributed by atoms with E-state index in [1.54, 1.807) is 12.2 Å². The number of allylic oxidation sites excluding steroid dienone is 2. The van der Waals surface area contributed by atoms with Gasteiger partial charge in [0.25, 0.3) is 0 Å². The van der Waals surface area contributed by atoms with Gasteiger partial charge in [0.15, 0.2) is 5.78 Å². The number of ketones is 1. The number of carbonyl (C=O) groups excluding carboxylic acids is 1. The molecule has 1 nitrogen and oxygen atoms in total. The zero-order valence-electron chi connectivity index (χ0n) is 5.29. The molecule has 2 atom stereocenters. The van der Waals surface area contributed by atoms with Crippen LogP contribution < -0.4 is 0 Å². The van der Waals surface area contributed by atoms with Crippen LogP contribution in [0.5, 0.6) is 0 Å². The molecule has 0 radical (unpaired) electrons. The fraction of sp³-hybridized carbons (Fsp3) is 0.375. The van der Waals surface area contributed by atoms with Crippen LogP contribution >= 0.6 is 0 Å². The SMILES string of the molecule is C#CC1C=CC(=O)C1C. The lowest BCUT2D eigenvalue weighted by molar-refractivity contribution is -0.117. The monoisotopic (exact) mass is 120 g/mol. The highest BCUT2D eigenvalue weighted by Crippen LogP contribution is 2.19. The molecule has 0 fully saturated rings. The highest BCUT2D eigenvalue weighted by atomic mass is 16.1. The Labute approximate surface area is 54.8 Å². The molecular weight excluding hydrogens is 112 g/mol. The van der Waals surface area contributed by atoms with E-state index < -0.39 is 0 Å². The molecule has 1 aliphatic carbocycles. The fourth-order valence-electron chi connectivity index (χ4n) is 0.894. The third kappa shape index (κ3) is 0.882. The van der Waals surface area contributed by atoms with E-state index in [1.807, 2.05) is 6.92 Å². The molecule has 0 bridgehead atoms. The first kappa shape index (κ1) is 6.10. The Balaban J connectivity index is 2.76. The normalized spacial score (nSPS) is 32.7. The van der Waals surface area contributed by atoms with Crippen molar-refractivity contribution in [2.45, 2.75) is 6.92 Å². The number of rotatable bonds is 0. The van der Waals surface area contributed by atoms with E-state index in [9.17, 15) is 4.79 Å². The first-order valence-corrected chi connectivity index (χ1v) is 2.94. The Morgan fingerprint density at radius 3 is 2.67 bits per heavy atom. The molecule has 1 rings (SSSR count). The van der Waals surface area contributed by atoms with Crippen LogP contribution in [0.15, 0.2) is 12.2 Å². The molecule has 0 aliphatic heterocycles. The average Bonchev–Trinajstić information content (AvgIpc) is 2.15. The number of carbonyl (C=O) groups is 1. The maximum atomic E-state index is 10.8. The van der Waals surface area contributed by atoms with Crippen molar-refractivity contribution in [3.63, 3.8) is 0 Å². The van der Waals surface area contributed by atoms with Crippen LogP contribution in [0.1, 0.15) is 6.92 Å². The van der Waals surface area contributed by atoms with Crippen molar-refractivity contribution in [2.75, 3.05) is 0 Å². The van der Waals surface area contributed by atoms with Gasteiger partial charge in [0.2, 0.25) is 0 Å². The molecule has 1 aliphatic rings. The summed E-state index contributed by atoms with van der Waals surface area (Å²) in [7, 11) is 0. The van der Waals surface area contributed by atoms with Crippen LogP contribution in [0.3, 0.4) is 0 Å². The van der Waals surface area contributed by atoms with Gasteiger partial charge in [0, 0.05) is 11.8 Å².